The SMILES string of the molecule is CCOC(=O)C1=C(COc2cccc(CC)c2)N(CC)C(=O)NC1c1ccc(C)cc1C. The van der Waals surface area contributed by atoms with E-state index in [-0.39, 0.29) is 19.2 Å². The summed E-state index contributed by atoms with van der Waals surface area (Å²) in [6.07, 6.45) is 0.895. The van der Waals surface area contributed by atoms with Gasteiger partial charge in [-0.3, -0.25) is 4.90 Å². The van der Waals surface area contributed by atoms with E-state index >= 15 is 0 Å². The van der Waals surface area contributed by atoms with Crippen molar-refractivity contribution in [1.82, 2.24) is 10.2 Å². The third-order valence-corrected chi connectivity index (χ3v) is 5.67. The number of hydrogen-bond donors (Lipinski definition) is 1. The van der Waals surface area contributed by atoms with Gasteiger partial charge in [-0.25, -0.2) is 9.59 Å². The molecule has 170 valence electrons. The molecule has 1 unspecified atom stereocenters. The van der Waals surface area contributed by atoms with E-state index < -0.39 is 12.0 Å². The third-order valence-electron chi connectivity index (χ3n) is 5.67. The number of benzene rings is 2. The fraction of sp³-hybridized carbons (Fsp3) is 0.385. The number of hydrogen-bond acceptors (Lipinski definition) is 4. The Bertz CT molecular complexity index is 1030. The minimum atomic E-state index is -0.606. The number of rotatable bonds is 8. The fourth-order valence-corrected chi connectivity index (χ4v) is 4.03. The van der Waals surface area contributed by atoms with Crippen molar-refractivity contribution < 1.29 is 19.1 Å². The minimum Gasteiger partial charge on any atom is -0.487 e. The first kappa shape index (κ1) is 23.4. The Balaban J connectivity index is 2.08. The average Bonchev–Trinajstić information content (AvgIpc) is 2.77. The van der Waals surface area contributed by atoms with Crippen molar-refractivity contribution in [1.29, 1.82) is 0 Å². The summed E-state index contributed by atoms with van der Waals surface area (Å²) >= 11 is 0. The second-order valence-electron chi connectivity index (χ2n) is 7.86. The maximum atomic E-state index is 13.1. The van der Waals surface area contributed by atoms with E-state index in [0.717, 1.165) is 28.7 Å². The Kier molecular flexibility index (Phi) is 7.57. The van der Waals surface area contributed by atoms with Crippen molar-refractivity contribution >= 4 is 12.0 Å². The molecule has 2 aromatic carbocycles. The van der Waals surface area contributed by atoms with E-state index in [2.05, 4.69) is 12.2 Å². The molecule has 6 heteroatoms. The molecular weight excluding hydrogens is 404 g/mol. The lowest BCUT2D eigenvalue weighted by Gasteiger charge is -2.36. The van der Waals surface area contributed by atoms with Gasteiger partial charge in [0, 0.05) is 6.54 Å². The molecule has 0 saturated heterocycles. The van der Waals surface area contributed by atoms with Gasteiger partial charge in [0.05, 0.1) is 23.9 Å². The Labute approximate surface area is 190 Å². The third kappa shape index (κ3) is 4.96. The van der Waals surface area contributed by atoms with Gasteiger partial charge in [0.25, 0.3) is 0 Å². The van der Waals surface area contributed by atoms with E-state index in [1.54, 1.807) is 11.8 Å². The highest BCUT2D eigenvalue weighted by molar-refractivity contribution is 5.95. The van der Waals surface area contributed by atoms with Crippen molar-refractivity contribution in [3.05, 3.63) is 76.0 Å². The van der Waals surface area contributed by atoms with Crippen LogP contribution in [-0.4, -0.2) is 36.7 Å². The molecule has 1 atom stereocenters. The van der Waals surface area contributed by atoms with Crippen LogP contribution in [0.5, 0.6) is 5.75 Å². The molecule has 6 nitrogen and oxygen atoms in total. The zero-order valence-electron chi connectivity index (χ0n) is 19.5. The van der Waals surface area contributed by atoms with Crippen molar-refractivity contribution in [2.24, 2.45) is 0 Å². The topological polar surface area (TPSA) is 67.9 Å². The summed E-state index contributed by atoms with van der Waals surface area (Å²) in [6, 6.07) is 13.0. The van der Waals surface area contributed by atoms with Gasteiger partial charge in [-0.05, 0) is 62.9 Å². The first-order valence-corrected chi connectivity index (χ1v) is 11.2. The largest absolute Gasteiger partial charge is 0.487 e. The number of nitrogens with one attached hydrogen (secondary N) is 1. The number of amides is 2. The van der Waals surface area contributed by atoms with Crippen molar-refractivity contribution in [2.75, 3.05) is 19.8 Å². The lowest BCUT2D eigenvalue weighted by Crippen LogP contribution is -2.49. The molecule has 0 fully saturated rings. The van der Waals surface area contributed by atoms with Crippen LogP contribution in [-0.2, 0) is 16.0 Å². The second kappa shape index (κ2) is 10.4. The number of aryl methyl sites for hydroxylation is 3. The quantitative estimate of drug-likeness (QED) is 0.601. The number of carbonyl (C=O) groups excluding carboxylic acids is 2. The van der Waals surface area contributed by atoms with Crippen LogP contribution in [0.1, 0.15) is 49.1 Å². The fourth-order valence-electron chi connectivity index (χ4n) is 4.03. The van der Waals surface area contributed by atoms with Gasteiger partial charge in [-0.1, -0.05) is 42.8 Å². The van der Waals surface area contributed by atoms with Gasteiger partial charge >= 0.3 is 12.0 Å². The molecule has 32 heavy (non-hydrogen) atoms. The maximum Gasteiger partial charge on any atom is 0.338 e. The Morgan fingerprint density at radius 2 is 1.88 bits per heavy atom. The van der Waals surface area contributed by atoms with Gasteiger partial charge < -0.3 is 14.8 Å². The number of urea groups is 1. The van der Waals surface area contributed by atoms with E-state index in [1.807, 2.05) is 63.2 Å². The summed E-state index contributed by atoms with van der Waals surface area (Å²) in [7, 11) is 0. The van der Waals surface area contributed by atoms with Crippen molar-refractivity contribution in [3.8, 4) is 5.75 Å². The summed E-state index contributed by atoms with van der Waals surface area (Å²) < 4.78 is 11.5. The number of ether oxygens (including phenoxy) is 2. The van der Waals surface area contributed by atoms with E-state index in [4.69, 9.17) is 9.47 Å². The van der Waals surface area contributed by atoms with Crippen LogP contribution in [0, 0.1) is 13.8 Å². The smallest absolute Gasteiger partial charge is 0.338 e. The standard InChI is InChI=1S/C26H32N2O4/c1-6-19-10-9-11-20(15-19)32-16-22-23(25(29)31-8-3)24(27-26(30)28(22)7-2)21-13-12-17(4)14-18(21)5/h9-15,24H,6-8,16H2,1-5H3,(H,27,30). The van der Waals surface area contributed by atoms with Crippen LogP contribution in [0.4, 0.5) is 4.79 Å². The molecule has 1 aliphatic heterocycles. The molecule has 0 bridgehead atoms. The highest BCUT2D eigenvalue weighted by Gasteiger charge is 2.38. The number of carbonyl (C=O) groups is 2. The number of likely N-dealkylation sites (N-methyl/N-ethyl adjacent to an activating group) is 1. The predicted molar refractivity (Wildman–Crippen MR) is 125 cm³/mol. The normalized spacial score (nSPS) is 16.1. The van der Waals surface area contributed by atoms with Gasteiger partial charge in [0.15, 0.2) is 0 Å². The summed E-state index contributed by atoms with van der Waals surface area (Å²) in [5.74, 6) is 0.252. The average molecular weight is 437 g/mol. The molecule has 1 aliphatic rings. The molecule has 1 heterocycles. The second-order valence-corrected chi connectivity index (χ2v) is 7.86. The predicted octanol–water partition coefficient (Wildman–Crippen LogP) is 4.85. The Morgan fingerprint density at radius 3 is 2.53 bits per heavy atom. The molecule has 0 saturated carbocycles. The van der Waals surface area contributed by atoms with Crippen LogP contribution >= 0.6 is 0 Å². The first-order valence-electron chi connectivity index (χ1n) is 11.2. The lowest BCUT2D eigenvalue weighted by atomic mass is 9.91. The monoisotopic (exact) mass is 436 g/mol. The molecule has 2 amide bonds. The van der Waals surface area contributed by atoms with Gasteiger partial charge in [0.2, 0.25) is 0 Å². The molecule has 1 N–H and O–H groups in total. The molecule has 3 rings (SSSR count). The van der Waals surface area contributed by atoms with E-state index in [9.17, 15) is 9.59 Å². The van der Waals surface area contributed by atoms with Crippen LogP contribution in [0.15, 0.2) is 53.7 Å². The molecule has 0 radical (unpaired) electrons. The Morgan fingerprint density at radius 1 is 1.09 bits per heavy atom. The number of esters is 1. The highest BCUT2D eigenvalue weighted by Crippen LogP contribution is 2.33. The molecule has 0 aliphatic carbocycles. The summed E-state index contributed by atoms with van der Waals surface area (Å²) in [5.41, 5.74) is 5.08. The zero-order valence-corrected chi connectivity index (χ0v) is 19.5. The van der Waals surface area contributed by atoms with Crippen LogP contribution < -0.4 is 10.1 Å². The molecule has 0 spiro atoms. The minimum absolute atomic E-state index is 0.0873. The summed E-state index contributed by atoms with van der Waals surface area (Å²) in [6.45, 7) is 10.5. The summed E-state index contributed by atoms with van der Waals surface area (Å²) in [5, 5.41) is 3.00. The van der Waals surface area contributed by atoms with E-state index in [1.165, 1.54) is 0 Å². The van der Waals surface area contributed by atoms with Gasteiger partial charge in [-0.2, -0.15) is 0 Å². The first-order chi connectivity index (χ1) is 15.4. The summed E-state index contributed by atoms with van der Waals surface area (Å²) in [4.78, 5) is 27.7. The molecule has 2 aromatic rings. The highest BCUT2D eigenvalue weighted by atomic mass is 16.5. The van der Waals surface area contributed by atoms with E-state index in [0.29, 0.717) is 23.6 Å². The van der Waals surface area contributed by atoms with Crippen molar-refractivity contribution in [2.45, 2.75) is 47.1 Å². The zero-order chi connectivity index (χ0) is 23.3. The van der Waals surface area contributed by atoms with Crippen LogP contribution in [0.25, 0.3) is 0 Å². The maximum absolute atomic E-state index is 13.1. The van der Waals surface area contributed by atoms with Crippen LogP contribution in [0.2, 0.25) is 0 Å². The van der Waals surface area contributed by atoms with Gasteiger partial charge in [-0.15, -0.1) is 0 Å². The number of nitrogens with zero attached hydrogens (tertiary/aromatic N) is 1. The van der Waals surface area contributed by atoms with Gasteiger partial charge in [0.1, 0.15) is 12.4 Å². The molecule has 0 aromatic heterocycles. The lowest BCUT2D eigenvalue weighted by molar-refractivity contribution is -0.139. The Hall–Kier alpha value is -3.28. The van der Waals surface area contributed by atoms with Crippen LogP contribution in [0.3, 0.4) is 0 Å². The molecular formula is C26H32N2O4. The van der Waals surface area contributed by atoms with Crippen molar-refractivity contribution in [3.63, 3.8) is 0 Å².